The molecule has 0 unspecified atom stereocenters. The van der Waals surface area contributed by atoms with E-state index in [4.69, 9.17) is 5.11 Å². The van der Waals surface area contributed by atoms with Crippen LogP contribution in [0.5, 0.6) is 0 Å². The van der Waals surface area contributed by atoms with Crippen LogP contribution in [0.25, 0.3) is 22.3 Å². The molecule has 4 rings (SSSR count). The van der Waals surface area contributed by atoms with Crippen LogP contribution in [0.3, 0.4) is 0 Å². The number of pyridine rings is 1. The summed E-state index contributed by atoms with van der Waals surface area (Å²) >= 11 is 0. The molecule has 4 aromatic rings. The summed E-state index contributed by atoms with van der Waals surface area (Å²) in [4.78, 5) is 27.2. The number of ketones is 1. The molecular formula is C29H26N2O3. The lowest BCUT2D eigenvalue weighted by molar-refractivity contribution is -0.137. The Bertz CT molecular complexity index is 1250. The first-order chi connectivity index (χ1) is 16.6. The van der Waals surface area contributed by atoms with Gasteiger partial charge < -0.3 is 10.4 Å². The van der Waals surface area contributed by atoms with Gasteiger partial charge in [-0.25, -0.2) is 0 Å². The minimum atomic E-state index is -0.895. The second kappa shape index (κ2) is 11.1. The number of nitrogens with one attached hydrogen (secondary N) is 1. The fourth-order valence-corrected chi connectivity index (χ4v) is 3.81. The van der Waals surface area contributed by atoms with E-state index in [-0.39, 0.29) is 18.6 Å². The number of anilines is 1. The largest absolute Gasteiger partial charge is 0.481 e. The van der Waals surface area contributed by atoms with Gasteiger partial charge in [-0.2, -0.15) is 0 Å². The quantitative estimate of drug-likeness (QED) is 0.271. The van der Waals surface area contributed by atoms with Crippen molar-refractivity contribution in [3.8, 4) is 22.3 Å². The van der Waals surface area contributed by atoms with Crippen molar-refractivity contribution in [3.63, 3.8) is 0 Å². The van der Waals surface area contributed by atoms with Crippen LogP contribution in [0.15, 0.2) is 97.2 Å². The number of carbonyl (C=O) groups excluding carboxylic acids is 1. The third-order valence-electron chi connectivity index (χ3n) is 5.65. The van der Waals surface area contributed by atoms with Crippen LogP contribution in [0, 0.1) is 0 Å². The van der Waals surface area contributed by atoms with Gasteiger partial charge in [0.1, 0.15) is 5.69 Å². The molecule has 0 aliphatic rings. The Balaban J connectivity index is 1.42. The number of hydrogen-bond donors (Lipinski definition) is 2. The first-order valence-corrected chi connectivity index (χ1v) is 11.3. The average molecular weight is 451 g/mol. The molecule has 0 saturated heterocycles. The maximum atomic E-state index is 12.2. The van der Waals surface area contributed by atoms with E-state index in [1.807, 2.05) is 42.5 Å². The summed E-state index contributed by atoms with van der Waals surface area (Å²) in [6.45, 7) is 0.650. The third-order valence-corrected chi connectivity index (χ3v) is 5.65. The predicted molar refractivity (Wildman–Crippen MR) is 135 cm³/mol. The van der Waals surface area contributed by atoms with Gasteiger partial charge in [-0.3, -0.25) is 14.6 Å². The van der Waals surface area contributed by atoms with Gasteiger partial charge >= 0.3 is 5.97 Å². The van der Waals surface area contributed by atoms with Gasteiger partial charge in [-0.05, 0) is 46.9 Å². The Morgan fingerprint density at radius 3 is 2.12 bits per heavy atom. The van der Waals surface area contributed by atoms with Crippen LogP contribution in [0.2, 0.25) is 0 Å². The Morgan fingerprint density at radius 1 is 0.735 bits per heavy atom. The number of aliphatic carboxylic acids is 1. The van der Waals surface area contributed by atoms with E-state index in [2.05, 4.69) is 52.8 Å². The molecule has 0 aliphatic heterocycles. The molecule has 1 heterocycles. The Hall–Kier alpha value is -4.25. The van der Waals surface area contributed by atoms with Crippen molar-refractivity contribution in [1.29, 1.82) is 0 Å². The number of nitrogens with zero attached hydrogens (tertiary/aromatic N) is 1. The van der Waals surface area contributed by atoms with Crippen LogP contribution < -0.4 is 5.32 Å². The lowest BCUT2D eigenvalue weighted by atomic mass is 10.00. The zero-order chi connectivity index (χ0) is 23.8. The minimum absolute atomic E-state index is 0.0147. The van der Waals surface area contributed by atoms with Crippen molar-refractivity contribution in [1.82, 2.24) is 4.98 Å². The Labute approximate surface area is 199 Å². The van der Waals surface area contributed by atoms with Crippen LogP contribution in [0.4, 0.5) is 5.69 Å². The maximum absolute atomic E-state index is 12.2. The van der Waals surface area contributed by atoms with Crippen LogP contribution in [-0.4, -0.2) is 21.8 Å². The fraction of sp³-hybridized carbons (Fsp3) is 0.138. The van der Waals surface area contributed by atoms with Gasteiger partial charge in [0.05, 0.1) is 0 Å². The topological polar surface area (TPSA) is 79.3 Å². The number of hydrogen-bond acceptors (Lipinski definition) is 4. The second-order valence-electron chi connectivity index (χ2n) is 8.06. The van der Waals surface area contributed by atoms with E-state index >= 15 is 0 Å². The molecule has 1 aromatic heterocycles. The minimum Gasteiger partial charge on any atom is -0.481 e. The van der Waals surface area contributed by atoms with Crippen LogP contribution in [0.1, 0.15) is 35.3 Å². The van der Waals surface area contributed by atoms with Gasteiger partial charge in [0.2, 0.25) is 0 Å². The monoisotopic (exact) mass is 450 g/mol. The zero-order valence-electron chi connectivity index (χ0n) is 18.8. The molecule has 170 valence electrons. The summed E-state index contributed by atoms with van der Waals surface area (Å²) in [5.74, 6) is -1.03. The maximum Gasteiger partial charge on any atom is 0.303 e. The Morgan fingerprint density at radius 2 is 1.41 bits per heavy atom. The predicted octanol–water partition coefficient (Wildman–Crippen LogP) is 6.47. The summed E-state index contributed by atoms with van der Waals surface area (Å²) in [5, 5.41) is 12.2. The molecule has 0 fully saturated rings. The third kappa shape index (κ3) is 5.95. The van der Waals surface area contributed by atoms with E-state index in [1.165, 1.54) is 11.1 Å². The SMILES string of the molecule is O=C(O)CCCC(=O)c1ccc(-c2ccccc2CNc2ccc(-c3ccccc3)cc2)cn1. The average Bonchev–Trinajstić information content (AvgIpc) is 2.88. The van der Waals surface area contributed by atoms with Gasteiger partial charge in [-0.1, -0.05) is 72.8 Å². The molecule has 0 spiro atoms. The molecule has 2 N–H and O–H groups in total. The standard InChI is InChI=1S/C29H26N2O3/c32-28(11-6-12-29(33)34)27-18-15-24(20-31-27)26-10-5-4-9-23(26)19-30-25-16-13-22(14-17-25)21-7-2-1-3-8-21/h1-5,7-10,13-18,20,30H,6,11-12,19H2,(H,33,34). The number of carboxylic acid groups (broad SMARTS) is 1. The van der Waals surface area contributed by atoms with Crippen molar-refractivity contribution < 1.29 is 14.7 Å². The van der Waals surface area contributed by atoms with Crippen molar-refractivity contribution in [3.05, 3.63) is 108 Å². The number of aromatic nitrogens is 1. The highest BCUT2D eigenvalue weighted by atomic mass is 16.4. The Kier molecular flexibility index (Phi) is 7.45. The molecule has 5 nitrogen and oxygen atoms in total. The molecule has 0 atom stereocenters. The van der Waals surface area contributed by atoms with E-state index in [0.29, 0.717) is 18.7 Å². The molecule has 0 saturated carbocycles. The van der Waals surface area contributed by atoms with E-state index in [0.717, 1.165) is 22.4 Å². The van der Waals surface area contributed by atoms with Gasteiger partial charge in [0.25, 0.3) is 0 Å². The first kappa shape index (κ1) is 22.9. The number of carboxylic acids is 1. The van der Waals surface area contributed by atoms with Crippen LogP contribution >= 0.6 is 0 Å². The molecule has 0 radical (unpaired) electrons. The summed E-state index contributed by atoms with van der Waals surface area (Å²) in [6.07, 6.45) is 2.19. The van der Waals surface area contributed by atoms with Crippen molar-refractivity contribution in [2.24, 2.45) is 0 Å². The van der Waals surface area contributed by atoms with Crippen molar-refractivity contribution >= 4 is 17.4 Å². The molecule has 0 aliphatic carbocycles. The van der Waals surface area contributed by atoms with E-state index in [9.17, 15) is 9.59 Å². The van der Waals surface area contributed by atoms with Crippen LogP contribution in [-0.2, 0) is 11.3 Å². The molecule has 0 bridgehead atoms. The summed E-state index contributed by atoms with van der Waals surface area (Å²) in [6, 6.07) is 30.4. The fourth-order valence-electron chi connectivity index (χ4n) is 3.81. The van der Waals surface area contributed by atoms with Gasteiger partial charge in [0, 0.05) is 36.8 Å². The zero-order valence-corrected chi connectivity index (χ0v) is 18.8. The van der Waals surface area contributed by atoms with E-state index < -0.39 is 5.97 Å². The van der Waals surface area contributed by atoms with Crippen molar-refractivity contribution in [2.45, 2.75) is 25.8 Å². The summed E-state index contributed by atoms with van der Waals surface area (Å²) < 4.78 is 0. The lowest BCUT2D eigenvalue weighted by Crippen LogP contribution is -2.04. The normalized spacial score (nSPS) is 10.6. The summed E-state index contributed by atoms with van der Waals surface area (Å²) in [5.41, 5.74) is 6.87. The van der Waals surface area contributed by atoms with E-state index in [1.54, 1.807) is 12.3 Å². The van der Waals surface area contributed by atoms with Gasteiger partial charge in [-0.15, -0.1) is 0 Å². The molecule has 0 amide bonds. The molecule has 3 aromatic carbocycles. The highest BCUT2D eigenvalue weighted by Gasteiger charge is 2.11. The number of Topliss-reactive ketones (excluding diaryl/α,β-unsaturated/α-hetero) is 1. The first-order valence-electron chi connectivity index (χ1n) is 11.3. The smallest absolute Gasteiger partial charge is 0.303 e. The number of rotatable bonds is 10. The summed E-state index contributed by atoms with van der Waals surface area (Å²) in [7, 11) is 0. The highest BCUT2D eigenvalue weighted by molar-refractivity contribution is 5.94. The molecular weight excluding hydrogens is 424 g/mol. The highest BCUT2D eigenvalue weighted by Crippen LogP contribution is 2.25. The van der Waals surface area contributed by atoms with Gasteiger partial charge in [0.15, 0.2) is 5.78 Å². The second-order valence-corrected chi connectivity index (χ2v) is 8.06. The molecule has 5 heteroatoms. The lowest BCUT2D eigenvalue weighted by Gasteiger charge is -2.12. The number of benzene rings is 3. The van der Waals surface area contributed by atoms with Crippen molar-refractivity contribution in [2.75, 3.05) is 5.32 Å². The molecule has 34 heavy (non-hydrogen) atoms. The number of carbonyl (C=O) groups is 2.